The molecule has 0 aliphatic carbocycles. The van der Waals surface area contributed by atoms with Gasteiger partial charge in [0.1, 0.15) is 0 Å². The zero-order valence-corrected chi connectivity index (χ0v) is 15.2. The quantitative estimate of drug-likeness (QED) is 0.818. The lowest BCUT2D eigenvalue weighted by Gasteiger charge is -2.33. The Morgan fingerprint density at radius 3 is 2.62 bits per heavy atom. The first kappa shape index (κ1) is 17.7. The molecule has 1 amide bonds. The van der Waals surface area contributed by atoms with Gasteiger partial charge in [-0.1, -0.05) is 23.7 Å². The van der Waals surface area contributed by atoms with Gasteiger partial charge in [-0.2, -0.15) is 0 Å². The van der Waals surface area contributed by atoms with E-state index in [0.29, 0.717) is 23.7 Å². The molecule has 0 N–H and O–H groups in total. The molecule has 0 saturated carbocycles. The largest absolute Gasteiger partial charge is 0.342 e. The van der Waals surface area contributed by atoms with Crippen molar-refractivity contribution in [3.63, 3.8) is 0 Å². The van der Waals surface area contributed by atoms with E-state index in [2.05, 4.69) is 0 Å². The average Bonchev–Trinajstić information content (AvgIpc) is 3.08. The number of carbonyl (C=O) groups is 1. The molecule has 2 fully saturated rings. The van der Waals surface area contributed by atoms with Crippen molar-refractivity contribution >= 4 is 27.5 Å². The minimum absolute atomic E-state index is 0.0712. The van der Waals surface area contributed by atoms with Crippen molar-refractivity contribution in [3.05, 3.63) is 34.9 Å². The third-order valence-electron chi connectivity index (χ3n) is 4.78. The van der Waals surface area contributed by atoms with Crippen LogP contribution in [0, 0.1) is 5.92 Å². The lowest BCUT2D eigenvalue weighted by Crippen LogP contribution is -2.46. The Balaban J connectivity index is 1.67. The molecule has 0 radical (unpaired) electrons. The summed E-state index contributed by atoms with van der Waals surface area (Å²) in [5.74, 6) is -0.154. The Bertz CT molecular complexity index is 702. The van der Waals surface area contributed by atoms with Crippen LogP contribution in [0.1, 0.15) is 31.2 Å². The molecule has 24 heavy (non-hydrogen) atoms. The summed E-state index contributed by atoms with van der Waals surface area (Å²) in [6, 6.07) is 6.92. The summed E-state index contributed by atoms with van der Waals surface area (Å²) < 4.78 is 26.9. The van der Waals surface area contributed by atoms with Gasteiger partial charge < -0.3 is 4.90 Å². The third-order valence-corrected chi connectivity index (χ3v) is 6.83. The maximum atomic E-state index is 12.7. The summed E-state index contributed by atoms with van der Waals surface area (Å²) in [4.78, 5) is 14.4. The standard InChI is InChI=1S/C17H23ClN2O3S/c18-16-7-3-5-14(11-16)13-24(22,23)20-10-4-6-15(12-20)17(21)19-8-1-2-9-19/h3,5,7,11,15H,1-2,4,6,8-10,12-13H2/t15-/m0/s1. The number of amides is 1. The molecule has 1 atom stereocenters. The van der Waals surface area contributed by atoms with Gasteiger partial charge in [-0.15, -0.1) is 0 Å². The Morgan fingerprint density at radius 1 is 1.17 bits per heavy atom. The van der Waals surface area contributed by atoms with E-state index >= 15 is 0 Å². The fourth-order valence-electron chi connectivity index (χ4n) is 3.52. The van der Waals surface area contributed by atoms with Gasteiger partial charge in [0.05, 0.1) is 11.7 Å². The van der Waals surface area contributed by atoms with Gasteiger partial charge in [-0.3, -0.25) is 4.79 Å². The lowest BCUT2D eigenvalue weighted by atomic mass is 9.98. The Labute approximate surface area is 148 Å². The molecule has 0 bridgehead atoms. The van der Waals surface area contributed by atoms with Crippen LogP contribution < -0.4 is 0 Å². The number of carbonyl (C=O) groups excluding carboxylic acids is 1. The second-order valence-electron chi connectivity index (χ2n) is 6.62. The van der Waals surface area contributed by atoms with Crippen LogP contribution in [-0.4, -0.2) is 49.7 Å². The van der Waals surface area contributed by atoms with E-state index in [1.807, 2.05) is 4.90 Å². The molecule has 0 unspecified atom stereocenters. The number of likely N-dealkylation sites (tertiary alicyclic amines) is 1. The van der Waals surface area contributed by atoms with Crippen molar-refractivity contribution in [1.29, 1.82) is 0 Å². The topological polar surface area (TPSA) is 57.7 Å². The van der Waals surface area contributed by atoms with Gasteiger partial charge in [0, 0.05) is 31.2 Å². The third kappa shape index (κ3) is 4.10. The van der Waals surface area contributed by atoms with Crippen molar-refractivity contribution in [2.45, 2.75) is 31.4 Å². The van der Waals surface area contributed by atoms with Gasteiger partial charge in [0.25, 0.3) is 0 Å². The number of piperidine rings is 1. The number of hydrogen-bond donors (Lipinski definition) is 0. The van der Waals surface area contributed by atoms with E-state index in [1.54, 1.807) is 24.3 Å². The predicted octanol–water partition coefficient (Wildman–Crippen LogP) is 2.50. The van der Waals surface area contributed by atoms with E-state index in [-0.39, 0.29) is 17.6 Å². The van der Waals surface area contributed by atoms with Crippen LogP contribution >= 0.6 is 11.6 Å². The molecule has 2 saturated heterocycles. The fraction of sp³-hybridized carbons (Fsp3) is 0.588. The van der Waals surface area contributed by atoms with Crippen molar-refractivity contribution in [2.75, 3.05) is 26.2 Å². The van der Waals surface area contributed by atoms with E-state index in [4.69, 9.17) is 11.6 Å². The molecular formula is C17H23ClN2O3S. The Morgan fingerprint density at radius 2 is 1.92 bits per heavy atom. The highest BCUT2D eigenvalue weighted by atomic mass is 35.5. The number of benzene rings is 1. The minimum atomic E-state index is -3.44. The van der Waals surface area contributed by atoms with Crippen molar-refractivity contribution < 1.29 is 13.2 Å². The first-order chi connectivity index (χ1) is 11.5. The van der Waals surface area contributed by atoms with Gasteiger partial charge in [-0.05, 0) is 43.4 Å². The van der Waals surface area contributed by atoms with E-state index in [1.165, 1.54) is 4.31 Å². The maximum absolute atomic E-state index is 12.7. The normalized spacial score (nSPS) is 22.7. The molecule has 132 valence electrons. The van der Waals surface area contributed by atoms with Crippen LogP contribution in [0.25, 0.3) is 0 Å². The molecule has 2 heterocycles. The Hall–Kier alpha value is -1.11. The number of halogens is 1. The molecular weight excluding hydrogens is 348 g/mol. The molecule has 7 heteroatoms. The highest BCUT2D eigenvalue weighted by Gasteiger charge is 2.34. The molecule has 1 aromatic carbocycles. The Kier molecular flexibility index (Phi) is 5.47. The van der Waals surface area contributed by atoms with Gasteiger partial charge in [0.2, 0.25) is 15.9 Å². The van der Waals surface area contributed by atoms with E-state index in [9.17, 15) is 13.2 Å². The van der Waals surface area contributed by atoms with Crippen molar-refractivity contribution in [1.82, 2.24) is 9.21 Å². The maximum Gasteiger partial charge on any atom is 0.227 e. The van der Waals surface area contributed by atoms with Crippen molar-refractivity contribution in [3.8, 4) is 0 Å². The summed E-state index contributed by atoms with van der Waals surface area (Å²) in [5.41, 5.74) is 0.676. The number of sulfonamides is 1. The molecule has 2 aliphatic heterocycles. The van der Waals surface area contributed by atoms with Gasteiger partial charge in [-0.25, -0.2) is 12.7 Å². The van der Waals surface area contributed by atoms with Crippen LogP contribution in [0.3, 0.4) is 0 Å². The number of hydrogen-bond acceptors (Lipinski definition) is 3. The van der Waals surface area contributed by atoms with E-state index in [0.717, 1.165) is 38.8 Å². The molecule has 5 nitrogen and oxygen atoms in total. The van der Waals surface area contributed by atoms with Gasteiger partial charge >= 0.3 is 0 Å². The average molecular weight is 371 g/mol. The fourth-order valence-corrected chi connectivity index (χ4v) is 5.33. The van der Waals surface area contributed by atoms with Crippen LogP contribution in [0.2, 0.25) is 5.02 Å². The van der Waals surface area contributed by atoms with Crippen LogP contribution in [-0.2, 0) is 20.6 Å². The minimum Gasteiger partial charge on any atom is -0.342 e. The summed E-state index contributed by atoms with van der Waals surface area (Å²) in [7, 11) is -3.44. The summed E-state index contributed by atoms with van der Waals surface area (Å²) >= 11 is 5.94. The summed E-state index contributed by atoms with van der Waals surface area (Å²) in [6.07, 6.45) is 3.61. The number of nitrogens with zero attached hydrogens (tertiary/aromatic N) is 2. The summed E-state index contributed by atoms with van der Waals surface area (Å²) in [6.45, 7) is 2.42. The van der Waals surface area contributed by atoms with Crippen LogP contribution in [0.4, 0.5) is 0 Å². The van der Waals surface area contributed by atoms with Crippen molar-refractivity contribution in [2.24, 2.45) is 5.92 Å². The second kappa shape index (κ2) is 7.42. The first-order valence-corrected chi connectivity index (χ1v) is 10.5. The summed E-state index contributed by atoms with van der Waals surface area (Å²) in [5, 5.41) is 0.531. The highest BCUT2D eigenvalue weighted by molar-refractivity contribution is 7.88. The zero-order chi connectivity index (χ0) is 17.2. The smallest absolute Gasteiger partial charge is 0.227 e. The number of rotatable bonds is 4. The molecule has 2 aliphatic rings. The molecule has 1 aromatic rings. The molecule has 3 rings (SSSR count). The van der Waals surface area contributed by atoms with E-state index < -0.39 is 10.0 Å². The monoisotopic (exact) mass is 370 g/mol. The highest BCUT2D eigenvalue weighted by Crippen LogP contribution is 2.25. The molecule has 0 aromatic heterocycles. The first-order valence-electron chi connectivity index (χ1n) is 8.47. The zero-order valence-electron chi connectivity index (χ0n) is 13.7. The SMILES string of the molecule is O=C([C@H]1CCCN(S(=O)(=O)Cc2cccc(Cl)c2)C1)N1CCCC1. The second-order valence-corrected chi connectivity index (χ2v) is 9.02. The van der Waals surface area contributed by atoms with Crippen LogP contribution in [0.15, 0.2) is 24.3 Å². The van der Waals surface area contributed by atoms with Crippen LogP contribution in [0.5, 0.6) is 0 Å². The lowest BCUT2D eigenvalue weighted by molar-refractivity contribution is -0.135. The van der Waals surface area contributed by atoms with Gasteiger partial charge in [0.15, 0.2) is 0 Å². The predicted molar refractivity (Wildman–Crippen MR) is 94.2 cm³/mol. The molecule has 0 spiro atoms.